The number of hydrogen-bond donors (Lipinski definition) is 0. The van der Waals surface area contributed by atoms with Crippen molar-refractivity contribution in [2.45, 2.75) is 12.8 Å². The Hall–Kier alpha value is -2.34. The minimum Gasteiger partial charge on any atom is -0.299 e. The summed E-state index contributed by atoms with van der Waals surface area (Å²) in [5.41, 5.74) is 0.482. The third kappa shape index (κ3) is 2.75. The number of benzene rings is 1. The van der Waals surface area contributed by atoms with E-state index in [2.05, 4.69) is 10.1 Å². The van der Waals surface area contributed by atoms with Gasteiger partial charge < -0.3 is 0 Å². The highest BCUT2D eigenvalue weighted by molar-refractivity contribution is 7.09. The minimum absolute atomic E-state index is 0.0428. The van der Waals surface area contributed by atoms with E-state index in [4.69, 9.17) is 0 Å². The summed E-state index contributed by atoms with van der Waals surface area (Å²) in [6, 6.07) is 7.24. The molecule has 1 aromatic carbocycles. The second-order valence-electron chi connectivity index (χ2n) is 4.74. The van der Waals surface area contributed by atoms with Crippen LogP contribution in [0.15, 0.2) is 40.6 Å². The van der Waals surface area contributed by atoms with Crippen molar-refractivity contribution in [2.75, 3.05) is 0 Å². The second kappa shape index (κ2) is 5.57. The Morgan fingerprint density at radius 2 is 2.00 bits per heavy atom. The fourth-order valence-corrected chi connectivity index (χ4v) is 2.91. The zero-order valence-electron chi connectivity index (χ0n) is 11.4. The fraction of sp³-hybridized carbons (Fsp3) is 0.200. The number of hydrogen-bond acceptors (Lipinski definition) is 5. The van der Waals surface area contributed by atoms with E-state index in [1.54, 1.807) is 19.3 Å². The van der Waals surface area contributed by atoms with Crippen LogP contribution in [0.25, 0.3) is 10.8 Å². The van der Waals surface area contributed by atoms with Crippen LogP contribution in [-0.2, 0) is 24.7 Å². The molecule has 0 fully saturated rings. The molecule has 0 saturated carbocycles. The first-order chi connectivity index (χ1) is 10.1. The minimum atomic E-state index is -0.151. The lowest BCUT2D eigenvalue weighted by Crippen LogP contribution is -2.22. The SMILES string of the molecule is Cn1nc(CC(=O)Cc2nccs2)c2ccccc2c1=O. The lowest BCUT2D eigenvalue weighted by Gasteiger charge is -2.07. The van der Waals surface area contributed by atoms with E-state index in [1.807, 2.05) is 23.6 Å². The number of carbonyl (C=O) groups excluding carboxylic acids is 1. The summed E-state index contributed by atoms with van der Waals surface area (Å²) < 4.78 is 1.29. The van der Waals surface area contributed by atoms with Gasteiger partial charge in [-0.2, -0.15) is 5.10 Å². The summed E-state index contributed by atoms with van der Waals surface area (Å²) in [5.74, 6) is 0.0428. The maximum atomic E-state index is 12.2. The molecular weight excluding hydrogens is 286 g/mol. The molecule has 0 aliphatic heterocycles. The van der Waals surface area contributed by atoms with Crippen molar-refractivity contribution < 1.29 is 4.79 Å². The van der Waals surface area contributed by atoms with Crippen LogP contribution in [0, 0.1) is 0 Å². The van der Waals surface area contributed by atoms with Gasteiger partial charge in [0.25, 0.3) is 5.56 Å². The summed E-state index contributed by atoms with van der Waals surface area (Å²) in [6.45, 7) is 0. The van der Waals surface area contributed by atoms with Crippen molar-refractivity contribution in [3.8, 4) is 0 Å². The van der Waals surface area contributed by atoms with Crippen LogP contribution in [0.5, 0.6) is 0 Å². The van der Waals surface area contributed by atoms with Crippen LogP contribution >= 0.6 is 11.3 Å². The number of rotatable bonds is 4. The summed E-state index contributed by atoms with van der Waals surface area (Å²) in [6.07, 6.45) is 2.19. The molecule has 3 aromatic rings. The maximum Gasteiger partial charge on any atom is 0.274 e. The van der Waals surface area contributed by atoms with Crippen molar-refractivity contribution in [1.29, 1.82) is 0 Å². The monoisotopic (exact) mass is 299 g/mol. The average molecular weight is 299 g/mol. The normalized spacial score (nSPS) is 10.9. The number of thiazole rings is 1. The van der Waals surface area contributed by atoms with Crippen molar-refractivity contribution in [3.63, 3.8) is 0 Å². The van der Waals surface area contributed by atoms with Crippen LogP contribution < -0.4 is 5.56 Å². The molecule has 0 aliphatic carbocycles. The summed E-state index contributed by atoms with van der Waals surface area (Å²) in [4.78, 5) is 28.3. The van der Waals surface area contributed by atoms with E-state index < -0.39 is 0 Å². The third-order valence-electron chi connectivity index (χ3n) is 3.23. The predicted octanol–water partition coefficient (Wildman–Crippen LogP) is 1.74. The van der Waals surface area contributed by atoms with E-state index in [0.29, 0.717) is 17.5 Å². The standard InChI is InChI=1S/C15H13N3O2S/c1-18-15(20)12-5-3-2-4-11(12)13(17-18)8-10(19)9-14-16-6-7-21-14/h2-7H,8-9H2,1H3. The Balaban J connectivity index is 1.95. The molecule has 0 atom stereocenters. The molecule has 2 heterocycles. The van der Waals surface area contributed by atoms with Crippen LogP contribution in [-0.4, -0.2) is 20.5 Å². The van der Waals surface area contributed by atoms with Gasteiger partial charge in [0.2, 0.25) is 0 Å². The zero-order chi connectivity index (χ0) is 14.8. The first kappa shape index (κ1) is 13.6. The Kier molecular flexibility index (Phi) is 3.62. The van der Waals surface area contributed by atoms with E-state index in [9.17, 15) is 9.59 Å². The second-order valence-corrected chi connectivity index (χ2v) is 5.72. The number of carbonyl (C=O) groups is 1. The quantitative estimate of drug-likeness (QED) is 0.736. The topological polar surface area (TPSA) is 64.8 Å². The van der Waals surface area contributed by atoms with Crippen molar-refractivity contribution in [1.82, 2.24) is 14.8 Å². The molecule has 5 nitrogen and oxygen atoms in total. The van der Waals surface area contributed by atoms with E-state index in [-0.39, 0.29) is 17.8 Å². The van der Waals surface area contributed by atoms with Gasteiger partial charge in [0.05, 0.1) is 28.9 Å². The van der Waals surface area contributed by atoms with E-state index in [0.717, 1.165) is 10.4 Å². The fourth-order valence-electron chi connectivity index (χ4n) is 2.26. The largest absolute Gasteiger partial charge is 0.299 e. The zero-order valence-corrected chi connectivity index (χ0v) is 12.3. The Morgan fingerprint density at radius 3 is 2.71 bits per heavy atom. The Bertz CT molecular complexity index is 853. The molecule has 0 amide bonds. The van der Waals surface area contributed by atoms with Gasteiger partial charge in [0.1, 0.15) is 5.78 Å². The highest BCUT2D eigenvalue weighted by atomic mass is 32.1. The molecule has 0 spiro atoms. The van der Waals surface area contributed by atoms with Gasteiger partial charge in [-0.05, 0) is 6.07 Å². The van der Waals surface area contributed by atoms with Crippen molar-refractivity contribution >= 4 is 27.9 Å². The molecule has 0 saturated heterocycles. The Labute approximate surface area is 124 Å². The van der Waals surface area contributed by atoms with Gasteiger partial charge >= 0.3 is 0 Å². The molecule has 6 heteroatoms. The number of Topliss-reactive ketones (excluding diaryl/α,β-unsaturated/α-hetero) is 1. The van der Waals surface area contributed by atoms with E-state index >= 15 is 0 Å². The first-order valence-electron chi connectivity index (χ1n) is 6.50. The highest BCUT2D eigenvalue weighted by Crippen LogP contribution is 2.15. The summed E-state index contributed by atoms with van der Waals surface area (Å²) >= 11 is 1.46. The van der Waals surface area contributed by atoms with Gasteiger partial charge in [-0.25, -0.2) is 9.67 Å². The van der Waals surface area contributed by atoms with E-state index in [1.165, 1.54) is 16.0 Å². The van der Waals surface area contributed by atoms with Crippen molar-refractivity contribution in [3.05, 3.63) is 56.9 Å². The molecule has 0 unspecified atom stereocenters. The predicted molar refractivity (Wildman–Crippen MR) is 81.5 cm³/mol. The lowest BCUT2D eigenvalue weighted by molar-refractivity contribution is -0.117. The smallest absolute Gasteiger partial charge is 0.274 e. The highest BCUT2D eigenvalue weighted by Gasteiger charge is 2.13. The third-order valence-corrected chi connectivity index (χ3v) is 4.01. The summed E-state index contributed by atoms with van der Waals surface area (Å²) in [5, 5.41) is 8.22. The first-order valence-corrected chi connectivity index (χ1v) is 7.38. The van der Waals surface area contributed by atoms with Gasteiger partial charge in [-0.15, -0.1) is 11.3 Å². The van der Waals surface area contributed by atoms with Gasteiger partial charge in [-0.1, -0.05) is 18.2 Å². The number of aromatic nitrogens is 3. The van der Waals surface area contributed by atoms with Crippen LogP contribution in [0.2, 0.25) is 0 Å². The number of ketones is 1. The number of fused-ring (bicyclic) bond motifs is 1. The molecule has 0 radical (unpaired) electrons. The molecular formula is C15H13N3O2S. The van der Waals surface area contributed by atoms with Gasteiger partial charge in [0.15, 0.2) is 0 Å². The summed E-state index contributed by atoms with van der Waals surface area (Å²) in [7, 11) is 1.60. The molecule has 2 aromatic heterocycles. The number of nitrogens with zero attached hydrogens (tertiary/aromatic N) is 3. The van der Waals surface area contributed by atoms with Crippen LogP contribution in [0.4, 0.5) is 0 Å². The van der Waals surface area contributed by atoms with Crippen molar-refractivity contribution in [2.24, 2.45) is 7.05 Å². The van der Waals surface area contributed by atoms with Gasteiger partial charge in [0, 0.05) is 24.0 Å². The maximum absolute atomic E-state index is 12.2. The molecule has 0 aliphatic rings. The molecule has 0 bridgehead atoms. The number of aryl methyl sites for hydroxylation is 1. The van der Waals surface area contributed by atoms with Gasteiger partial charge in [-0.3, -0.25) is 9.59 Å². The molecule has 106 valence electrons. The molecule has 0 N–H and O–H groups in total. The van der Waals surface area contributed by atoms with Crippen LogP contribution in [0.1, 0.15) is 10.7 Å². The molecule has 3 rings (SSSR count). The Morgan fingerprint density at radius 1 is 1.24 bits per heavy atom. The molecule has 21 heavy (non-hydrogen) atoms. The average Bonchev–Trinajstić information content (AvgIpc) is 2.97. The van der Waals surface area contributed by atoms with Crippen LogP contribution in [0.3, 0.4) is 0 Å². The lowest BCUT2D eigenvalue weighted by atomic mass is 10.1.